The number of aromatic nitrogens is 2. The molecule has 0 aliphatic heterocycles. The van der Waals surface area contributed by atoms with Gasteiger partial charge in [-0.15, -0.1) is 0 Å². The lowest BCUT2D eigenvalue weighted by atomic mass is 10.1. The third kappa shape index (κ3) is 2.08. The molecule has 0 fully saturated rings. The van der Waals surface area contributed by atoms with Crippen LogP contribution in [0, 0.1) is 0 Å². The average molecular weight is 511 g/mol. The van der Waals surface area contributed by atoms with Gasteiger partial charge in [-0.1, -0.05) is 60.7 Å². The van der Waals surface area contributed by atoms with Crippen LogP contribution in [0.2, 0.25) is 0 Å². The fourth-order valence-electron chi connectivity index (χ4n) is 7.39. The van der Waals surface area contributed by atoms with Crippen LogP contribution in [0.3, 0.4) is 0 Å². The molecule has 40 heavy (non-hydrogen) atoms. The van der Waals surface area contributed by atoms with E-state index >= 15 is 0 Å². The second-order valence-electron chi connectivity index (χ2n) is 10.9. The predicted octanol–water partition coefficient (Wildman–Crippen LogP) is 10.0. The van der Waals surface area contributed by atoms with Crippen LogP contribution < -0.4 is 0 Å². The smallest absolute Gasteiger partial charge is 0.137 e. The molecular formula is C36H18N2O2. The molecule has 0 aliphatic carbocycles. The van der Waals surface area contributed by atoms with Crippen LogP contribution in [0.1, 0.15) is 0 Å². The molecule has 4 nitrogen and oxygen atoms in total. The third-order valence-electron chi connectivity index (χ3n) is 9.01. The Morgan fingerprint density at radius 2 is 0.775 bits per heavy atom. The fourth-order valence-corrected chi connectivity index (χ4v) is 7.39. The first-order chi connectivity index (χ1) is 19.8. The second-order valence-corrected chi connectivity index (χ2v) is 10.9. The molecule has 0 spiro atoms. The maximum atomic E-state index is 6.34. The van der Waals surface area contributed by atoms with Gasteiger partial charge in [0, 0.05) is 55.2 Å². The first kappa shape index (κ1) is 19.6. The van der Waals surface area contributed by atoms with Crippen LogP contribution in [0.4, 0.5) is 0 Å². The van der Waals surface area contributed by atoms with Crippen molar-refractivity contribution in [2.75, 3.05) is 0 Å². The van der Waals surface area contributed by atoms with Gasteiger partial charge < -0.3 is 17.6 Å². The van der Waals surface area contributed by atoms with Crippen molar-refractivity contribution in [1.82, 2.24) is 8.80 Å². The Kier molecular flexibility index (Phi) is 3.12. The van der Waals surface area contributed by atoms with Gasteiger partial charge in [-0.2, -0.15) is 0 Å². The van der Waals surface area contributed by atoms with Crippen LogP contribution in [0.5, 0.6) is 0 Å². The van der Waals surface area contributed by atoms with Crippen LogP contribution in [-0.4, -0.2) is 8.80 Å². The summed E-state index contributed by atoms with van der Waals surface area (Å²) in [7, 11) is 0. The summed E-state index contributed by atoms with van der Waals surface area (Å²) < 4.78 is 17.5. The molecule has 11 aromatic rings. The average Bonchev–Trinajstić information content (AvgIpc) is 3.72. The summed E-state index contributed by atoms with van der Waals surface area (Å²) in [6.45, 7) is 0. The normalized spacial score (nSPS) is 13.0. The lowest BCUT2D eigenvalue weighted by Crippen LogP contribution is -1.96. The van der Waals surface area contributed by atoms with Crippen molar-refractivity contribution in [3.63, 3.8) is 0 Å². The van der Waals surface area contributed by atoms with Gasteiger partial charge in [-0.25, -0.2) is 0 Å². The predicted molar refractivity (Wildman–Crippen MR) is 164 cm³/mol. The largest absolute Gasteiger partial charge is 0.456 e. The van der Waals surface area contributed by atoms with E-state index in [1.54, 1.807) is 0 Å². The third-order valence-corrected chi connectivity index (χ3v) is 9.01. The van der Waals surface area contributed by atoms with Gasteiger partial charge in [0.25, 0.3) is 0 Å². The maximum Gasteiger partial charge on any atom is 0.137 e. The SMILES string of the molecule is c1ccc2c(c1)oc1cc3c(cc12)c1cccc2c1n3c1cccc3c4cc5c(cc4n2c31)oc1ccccc15. The van der Waals surface area contributed by atoms with Crippen molar-refractivity contribution in [3.05, 3.63) is 109 Å². The molecule has 5 heterocycles. The number of benzene rings is 6. The fraction of sp³-hybridized carbons (Fsp3) is 0. The number of furan rings is 2. The van der Waals surface area contributed by atoms with E-state index in [-0.39, 0.29) is 0 Å². The Bertz CT molecular complexity index is 2670. The van der Waals surface area contributed by atoms with Crippen molar-refractivity contribution in [2.24, 2.45) is 0 Å². The minimum atomic E-state index is 0.917. The molecule has 184 valence electrons. The monoisotopic (exact) mass is 510 g/mol. The highest BCUT2D eigenvalue weighted by molar-refractivity contribution is 6.25. The van der Waals surface area contributed by atoms with E-state index in [0.717, 1.165) is 54.9 Å². The number of para-hydroxylation sites is 4. The van der Waals surface area contributed by atoms with Crippen LogP contribution in [0.15, 0.2) is 118 Å². The van der Waals surface area contributed by atoms with Crippen molar-refractivity contribution in [3.8, 4) is 0 Å². The topological polar surface area (TPSA) is 35.1 Å². The minimum Gasteiger partial charge on any atom is -0.456 e. The zero-order chi connectivity index (χ0) is 25.7. The van der Waals surface area contributed by atoms with Crippen molar-refractivity contribution in [2.45, 2.75) is 0 Å². The summed E-state index contributed by atoms with van der Waals surface area (Å²) in [4.78, 5) is 0. The van der Waals surface area contributed by atoms with Crippen molar-refractivity contribution >= 4 is 98.5 Å². The molecule has 0 aliphatic rings. The molecule has 0 saturated heterocycles. The lowest BCUT2D eigenvalue weighted by Gasteiger charge is -2.11. The highest BCUT2D eigenvalue weighted by atomic mass is 16.3. The number of hydrogen-bond acceptors (Lipinski definition) is 2. The Labute approximate surface area is 225 Å². The van der Waals surface area contributed by atoms with E-state index in [1.807, 2.05) is 24.3 Å². The molecule has 4 heteroatoms. The Balaban J connectivity index is 1.41. The van der Waals surface area contributed by atoms with E-state index < -0.39 is 0 Å². The van der Waals surface area contributed by atoms with Crippen LogP contribution in [0.25, 0.3) is 98.5 Å². The highest BCUT2D eigenvalue weighted by Gasteiger charge is 2.22. The summed E-state index contributed by atoms with van der Waals surface area (Å²) in [6.07, 6.45) is 0. The maximum absolute atomic E-state index is 6.34. The molecule has 0 bridgehead atoms. The summed E-state index contributed by atoms with van der Waals surface area (Å²) in [5.74, 6) is 0. The number of nitrogens with zero attached hydrogens (tertiary/aromatic N) is 2. The van der Waals surface area contributed by atoms with Gasteiger partial charge in [0.15, 0.2) is 0 Å². The molecule has 11 rings (SSSR count). The van der Waals surface area contributed by atoms with Crippen LogP contribution >= 0.6 is 0 Å². The molecular weight excluding hydrogens is 492 g/mol. The first-order valence-electron chi connectivity index (χ1n) is 13.6. The minimum absolute atomic E-state index is 0.917. The zero-order valence-electron chi connectivity index (χ0n) is 21.1. The summed E-state index contributed by atoms with van der Waals surface area (Å²) in [5, 5.41) is 9.58. The molecule has 0 saturated carbocycles. The van der Waals surface area contributed by atoms with Gasteiger partial charge in [-0.3, -0.25) is 0 Å². The lowest BCUT2D eigenvalue weighted by molar-refractivity contribution is 0.669. The van der Waals surface area contributed by atoms with Gasteiger partial charge in [0.1, 0.15) is 22.3 Å². The standard InChI is InChI=1S/C36H18N2O2/c1-3-13-31-19(7-1)25-15-23-21-9-5-11-27-35(21)37(29(23)17-33(25)39-31)28-12-6-10-22-24-16-26-20-8-2-4-14-32(20)40-34(26)18-30(24)38(27)36(22)28/h1-18H. The number of rotatable bonds is 0. The number of fused-ring (bicyclic) bond motifs is 14. The van der Waals surface area contributed by atoms with Crippen LogP contribution in [-0.2, 0) is 0 Å². The molecule has 0 N–H and O–H groups in total. The van der Waals surface area contributed by atoms with Gasteiger partial charge in [0.05, 0.1) is 33.1 Å². The summed E-state index contributed by atoms with van der Waals surface area (Å²) in [6, 6.07) is 39.1. The summed E-state index contributed by atoms with van der Waals surface area (Å²) >= 11 is 0. The molecule has 6 aromatic carbocycles. The van der Waals surface area contributed by atoms with Gasteiger partial charge in [-0.05, 0) is 36.4 Å². The highest BCUT2D eigenvalue weighted by Crippen LogP contribution is 2.44. The van der Waals surface area contributed by atoms with Crippen molar-refractivity contribution < 1.29 is 8.83 Å². The number of hydrogen-bond donors (Lipinski definition) is 0. The van der Waals surface area contributed by atoms with Gasteiger partial charge in [0.2, 0.25) is 0 Å². The second kappa shape index (κ2) is 6.38. The van der Waals surface area contributed by atoms with Gasteiger partial charge >= 0.3 is 0 Å². The Morgan fingerprint density at radius 1 is 0.325 bits per heavy atom. The Morgan fingerprint density at radius 3 is 1.27 bits per heavy atom. The van der Waals surface area contributed by atoms with E-state index in [4.69, 9.17) is 8.83 Å². The summed E-state index contributed by atoms with van der Waals surface area (Å²) in [5.41, 5.74) is 10.8. The first-order valence-corrected chi connectivity index (χ1v) is 13.6. The zero-order valence-corrected chi connectivity index (χ0v) is 21.1. The van der Waals surface area contributed by atoms with E-state index in [0.29, 0.717) is 0 Å². The Hall–Kier alpha value is -5.48. The van der Waals surface area contributed by atoms with E-state index in [9.17, 15) is 0 Å². The molecule has 5 aromatic heterocycles. The molecule has 0 amide bonds. The molecule has 0 unspecified atom stereocenters. The van der Waals surface area contributed by atoms with E-state index in [2.05, 4.69) is 93.7 Å². The molecule has 0 atom stereocenters. The molecule has 0 radical (unpaired) electrons. The van der Waals surface area contributed by atoms with Crippen molar-refractivity contribution in [1.29, 1.82) is 0 Å². The quantitative estimate of drug-likeness (QED) is 0.190. The van der Waals surface area contributed by atoms with E-state index in [1.165, 1.54) is 43.6 Å².